The third-order valence-corrected chi connectivity index (χ3v) is 2.51. The molecule has 9 heteroatoms. The van der Waals surface area contributed by atoms with Gasteiger partial charge in [0.25, 0.3) is 0 Å². The fraction of sp³-hybridized carbons (Fsp3) is 0.750. The highest BCUT2D eigenvalue weighted by atomic mass is 16.5. The molecular weight excluding hydrogens is 226 g/mol. The van der Waals surface area contributed by atoms with Crippen LogP contribution in [-0.4, -0.2) is 62.0 Å². The molecule has 0 saturated carbocycles. The van der Waals surface area contributed by atoms with Gasteiger partial charge in [-0.3, -0.25) is 4.90 Å². The molecule has 1 aliphatic heterocycles. The summed E-state index contributed by atoms with van der Waals surface area (Å²) in [5.41, 5.74) is 5.51. The quantitative estimate of drug-likeness (QED) is 0.276. The number of aryl methyl sites for hydroxylation is 1. The number of oxime groups is 1. The first-order valence-electron chi connectivity index (χ1n) is 5.23. The monoisotopic (exact) mass is 241 g/mol. The Morgan fingerprint density at radius 1 is 1.71 bits per heavy atom. The molecule has 1 fully saturated rings. The molecule has 2 heterocycles. The molecule has 94 valence electrons. The van der Waals surface area contributed by atoms with Crippen LogP contribution in [-0.2, 0) is 18.3 Å². The second-order valence-corrected chi connectivity index (χ2v) is 3.81. The van der Waals surface area contributed by atoms with E-state index in [1.165, 1.54) is 4.80 Å². The van der Waals surface area contributed by atoms with Crippen LogP contribution in [0.5, 0.6) is 0 Å². The van der Waals surface area contributed by atoms with Crippen molar-refractivity contribution in [1.82, 2.24) is 25.1 Å². The molecule has 1 aromatic rings. The van der Waals surface area contributed by atoms with Gasteiger partial charge in [0.2, 0.25) is 0 Å². The summed E-state index contributed by atoms with van der Waals surface area (Å²) in [7, 11) is 1.72. The van der Waals surface area contributed by atoms with Crippen molar-refractivity contribution in [2.75, 3.05) is 19.7 Å². The molecule has 0 aliphatic carbocycles. The van der Waals surface area contributed by atoms with Gasteiger partial charge in [0.05, 0.1) is 20.2 Å². The third kappa shape index (κ3) is 2.88. The van der Waals surface area contributed by atoms with E-state index in [4.69, 9.17) is 15.7 Å². The van der Waals surface area contributed by atoms with Crippen LogP contribution in [0, 0.1) is 0 Å². The second-order valence-electron chi connectivity index (χ2n) is 3.81. The number of morpholine rings is 1. The average molecular weight is 241 g/mol. The molecule has 1 aromatic heterocycles. The first kappa shape index (κ1) is 11.7. The highest BCUT2D eigenvalue weighted by Crippen LogP contribution is 2.07. The van der Waals surface area contributed by atoms with E-state index in [0.717, 1.165) is 6.54 Å². The smallest absolute Gasteiger partial charge is 0.188 e. The SMILES string of the molecule is Cn1nnc(CN2CCOC(C(N)=NO)C2)n1. The lowest BCUT2D eigenvalue weighted by molar-refractivity contribution is 0.000471. The van der Waals surface area contributed by atoms with E-state index < -0.39 is 0 Å². The van der Waals surface area contributed by atoms with E-state index in [0.29, 0.717) is 25.5 Å². The molecule has 0 bridgehead atoms. The Balaban J connectivity index is 1.93. The van der Waals surface area contributed by atoms with Crippen molar-refractivity contribution in [3.8, 4) is 0 Å². The minimum atomic E-state index is -0.384. The molecule has 1 aliphatic rings. The molecule has 17 heavy (non-hydrogen) atoms. The standard InChI is InChI=1S/C8H15N7O2/c1-14-11-7(10-13-14)5-15-2-3-17-6(4-15)8(9)12-16/h6,16H,2-5H2,1H3,(H2,9,12). The Morgan fingerprint density at radius 2 is 2.53 bits per heavy atom. The van der Waals surface area contributed by atoms with Gasteiger partial charge in [-0.05, 0) is 5.21 Å². The minimum absolute atomic E-state index is 0.0850. The number of nitrogens with two attached hydrogens (primary N) is 1. The van der Waals surface area contributed by atoms with Gasteiger partial charge in [-0.15, -0.1) is 10.2 Å². The summed E-state index contributed by atoms with van der Waals surface area (Å²) in [6.07, 6.45) is -0.384. The lowest BCUT2D eigenvalue weighted by atomic mass is 10.2. The molecule has 1 atom stereocenters. The van der Waals surface area contributed by atoms with Gasteiger partial charge in [-0.1, -0.05) is 5.16 Å². The fourth-order valence-corrected chi connectivity index (χ4v) is 1.68. The summed E-state index contributed by atoms with van der Waals surface area (Å²) in [4.78, 5) is 3.49. The van der Waals surface area contributed by atoms with Crippen LogP contribution in [0.2, 0.25) is 0 Å². The Bertz CT molecular complexity index is 404. The van der Waals surface area contributed by atoms with E-state index >= 15 is 0 Å². The molecule has 1 unspecified atom stereocenters. The summed E-state index contributed by atoms with van der Waals surface area (Å²) in [6, 6.07) is 0. The average Bonchev–Trinajstić information content (AvgIpc) is 2.74. The summed E-state index contributed by atoms with van der Waals surface area (Å²) in [6.45, 7) is 2.41. The molecule has 0 amide bonds. The normalized spacial score (nSPS) is 22.9. The Morgan fingerprint density at radius 3 is 3.18 bits per heavy atom. The Labute approximate surface area is 97.8 Å². The second kappa shape index (κ2) is 5.06. The highest BCUT2D eigenvalue weighted by molar-refractivity contribution is 5.84. The van der Waals surface area contributed by atoms with Crippen molar-refractivity contribution >= 4 is 5.84 Å². The van der Waals surface area contributed by atoms with Crippen molar-refractivity contribution in [2.45, 2.75) is 12.6 Å². The maximum atomic E-state index is 8.59. The van der Waals surface area contributed by atoms with Crippen LogP contribution >= 0.6 is 0 Å². The first-order valence-corrected chi connectivity index (χ1v) is 5.23. The number of aromatic nitrogens is 4. The number of hydrogen-bond donors (Lipinski definition) is 2. The van der Waals surface area contributed by atoms with Gasteiger partial charge in [0, 0.05) is 13.1 Å². The van der Waals surface area contributed by atoms with Crippen LogP contribution in [0.15, 0.2) is 5.16 Å². The predicted molar refractivity (Wildman–Crippen MR) is 57.2 cm³/mol. The number of amidine groups is 1. The Kier molecular flexibility index (Phi) is 3.49. The van der Waals surface area contributed by atoms with E-state index in [-0.39, 0.29) is 11.9 Å². The van der Waals surface area contributed by atoms with Crippen LogP contribution < -0.4 is 5.73 Å². The number of ether oxygens (including phenoxy) is 1. The summed E-state index contributed by atoms with van der Waals surface area (Å²) in [5.74, 6) is 0.731. The number of hydrogen-bond acceptors (Lipinski definition) is 7. The number of tetrazole rings is 1. The third-order valence-electron chi connectivity index (χ3n) is 2.51. The van der Waals surface area contributed by atoms with Gasteiger partial charge in [0.1, 0.15) is 6.10 Å². The van der Waals surface area contributed by atoms with Gasteiger partial charge in [-0.25, -0.2) is 0 Å². The zero-order valence-electron chi connectivity index (χ0n) is 9.52. The van der Waals surface area contributed by atoms with E-state index in [2.05, 4.69) is 25.5 Å². The van der Waals surface area contributed by atoms with Gasteiger partial charge >= 0.3 is 0 Å². The maximum Gasteiger partial charge on any atom is 0.188 e. The lowest BCUT2D eigenvalue weighted by Gasteiger charge is -2.31. The molecule has 1 saturated heterocycles. The first-order chi connectivity index (χ1) is 8.19. The lowest BCUT2D eigenvalue weighted by Crippen LogP contribution is -2.48. The predicted octanol–water partition coefficient (Wildman–Crippen LogP) is -1.84. The molecule has 3 N–H and O–H groups in total. The molecular formula is C8H15N7O2. The van der Waals surface area contributed by atoms with Gasteiger partial charge in [-0.2, -0.15) is 4.80 Å². The largest absolute Gasteiger partial charge is 0.409 e. The van der Waals surface area contributed by atoms with E-state index in [9.17, 15) is 0 Å². The van der Waals surface area contributed by atoms with E-state index in [1.54, 1.807) is 7.05 Å². The van der Waals surface area contributed by atoms with Crippen LogP contribution in [0.3, 0.4) is 0 Å². The van der Waals surface area contributed by atoms with Gasteiger partial charge in [0.15, 0.2) is 11.7 Å². The van der Waals surface area contributed by atoms with E-state index in [1.807, 2.05) is 0 Å². The Hall–Kier alpha value is -1.74. The van der Waals surface area contributed by atoms with Crippen LogP contribution in [0.25, 0.3) is 0 Å². The highest BCUT2D eigenvalue weighted by Gasteiger charge is 2.24. The fourth-order valence-electron chi connectivity index (χ4n) is 1.68. The topological polar surface area (TPSA) is 115 Å². The number of rotatable bonds is 3. The van der Waals surface area contributed by atoms with Crippen molar-refractivity contribution in [3.63, 3.8) is 0 Å². The molecule has 9 nitrogen and oxygen atoms in total. The zero-order valence-corrected chi connectivity index (χ0v) is 9.52. The summed E-state index contributed by atoms with van der Waals surface area (Å²) >= 11 is 0. The van der Waals surface area contributed by atoms with Crippen molar-refractivity contribution in [1.29, 1.82) is 0 Å². The molecule has 0 radical (unpaired) electrons. The van der Waals surface area contributed by atoms with Gasteiger partial charge < -0.3 is 15.7 Å². The number of nitrogens with zero attached hydrogens (tertiary/aromatic N) is 6. The minimum Gasteiger partial charge on any atom is -0.409 e. The molecule has 2 rings (SSSR count). The van der Waals surface area contributed by atoms with Crippen LogP contribution in [0.1, 0.15) is 5.82 Å². The van der Waals surface area contributed by atoms with Crippen molar-refractivity contribution in [2.24, 2.45) is 17.9 Å². The molecule has 0 spiro atoms. The summed E-state index contributed by atoms with van der Waals surface area (Å²) < 4.78 is 5.38. The zero-order chi connectivity index (χ0) is 12.3. The summed E-state index contributed by atoms with van der Waals surface area (Å²) in [5, 5.41) is 23.3. The molecule has 0 aromatic carbocycles. The maximum absolute atomic E-state index is 8.59. The van der Waals surface area contributed by atoms with Crippen molar-refractivity contribution in [3.05, 3.63) is 5.82 Å². The van der Waals surface area contributed by atoms with Crippen LogP contribution in [0.4, 0.5) is 0 Å². The van der Waals surface area contributed by atoms with Crippen molar-refractivity contribution < 1.29 is 9.94 Å².